The van der Waals surface area contributed by atoms with Gasteiger partial charge < -0.3 is 0 Å². The lowest BCUT2D eigenvalue weighted by molar-refractivity contribution is 0.660. The van der Waals surface area contributed by atoms with Gasteiger partial charge in [-0.25, -0.2) is 4.98 Å². The smallest absolute Gasteiger partial charge is 0.158 e. The zero-order chi connectivity index (χ0) is 12.6. The van der Waals surface area contributed by atoms with Crippen molar-refractivity contribution in [3.05, 3.63) is 38.0 Å². The molecule has 0 fully saturated rings. The Bertz CT molecular complexity index is 573. The van der Waals surface area contributed by atoms with Crippen LogP contribution in [0.25, 0.3) is 5.57 Å². The van der Waals surface area contributed by atoms with Crippen LogP contribution in [0.5, 0.6) is 0 Å². The monoisotopic (exact) mass is 331 g/mol. The topological polar surface area (TPSA) is 30.7 Å². The Labute approximate surface area is 117 Å². The van der Waals surface area contributed by atoms with E-state index in [1.165, 1.54) is 0 Å². The van der Waals surface area contributed by atoms with Crippen LogP contribution < -0.4 is 0 Å². The van der Waals surface area contributed by atoms with E-state index in [9.17, 15) is 0 Å². The van der Waals surface area contributed by atoms with Crippen molar-refractivity contribution in [3.63, 3.8) is 0 Å². The van der Waals surface area contributed by atoms with Crippen LogP contribution in [0.1, 0.15) is 22.4 Å². The van der Waals surface area contributed by atoms with E-state index >= 15 is 0 Å². The van der Waals surface area contributed by atoms with E-state index in [2.05, 4.69) is 32.6 Å². The van der Waals surface area contributed by atoms with Crippen molar-refractivity contribution < 1.29 is 0 Å². The molecule has 3 nitrogen and oxygen atoms in total. The summed E-state index contributed by atoms with van der Waals surface area (Å²) in [5.74, 6) is 0. The van der Waals surface area contributed by atoms with Gasteiger partial charge in [0.2, 0.25) is 0 Å². The summed E-state index contributed by atoms with van der Waals surface area (Å²) < 4.78 is 2.61. The van der Waals surface area contributed by atoms with E-state index in [4.69, 9.17) is 11.6 Å². The van der Waals surface area contributed by atoms with Crippen LogP contribution in [-0.4, -0.2) is 14.8 Å². The quantitative estimate of drug-likeness (QED) is 0.845. The molecule has 90 valence electrons. The minimum absolute atomic E-state index is 0.481. The highest BCUT2D eigenvalue weighted by atomic mass is 79.9. The van der Waals surface area contributed by atoms with E-state index < -0.39 is 0 Å². The van der Waals surface area contributed by atoms with Crippen molar-refractivity contribution in [2.45, 2.75) is 20.4 Å². The number of aryl methyl sites for hydroxylation is 2. The third-order valence-electron chi connectivity index (χ3n) is 2.33. The van der Waals surface area contributed by atoms with E-state index in [-0.39, 0.29) is 0 Å². The maximum absolute atomic E-state index is 6.10. The van der Waals surface area contributed by atoms with Gasteiger partial charge in [0.1, 0.15) is 4.60 Å². The van der Waals surface area contributed by atoms with Crippen LogP contribution in [0.2, 0.25) is 5.15 Å². The minimum atomic E-state index is 0.481. The van der Waals surface area contributed by atoms with Gasteiger partial charge in [0.25, 0.3) is 0 Å². The molecule has 0 saturated heterocycles. The number of aromatic nitrogens is 3. The molecule has 0 aromatic carbocycles. The Balaban J connectivity index is 2.43. The summed E-state index contributed by atoms with van der Waals surface area (Å²) in [6.45, 7) is 8.85. The third-order valence-corrected chi connectivity index (χ3v) is 4.48. The summed E-state index contributed by atoms with van der Waals surface area (Å²) in [5, 5.41) is 5.68. The molecule has 0 N–H and O–H groups in total. The van der Waals surface area contributed by atoms with Crippen LogP contribution in [0.4, 0.5) is 0 Å². The Morgan fingerprint density at radius 3 is 2.82 bits per heavy atom. The average molecular weight is 333 g/mol. The molecule has 2 rings (SSSR count). The zero-order valence-corrected chi connectivity index (χ0v) is 12.7. The first-order chi connectivity index (χ1) is 8.02. The SMILES string of the molecule is C=C(c1cn(CC)nc1Cl)c1sc(C)nc1Br. The number of hydrogen-bond donors (Lipinski definition) is 0. The Kier molecular flexibility index (Phi) is 3.70. The van der Waals surface area contributed by atoms with Gasteiger partial charge in [-0.1, -0.05) is 18.2 Å². The maximum Gasteiger partial charge on any atom is 0.158 e. The molecule has 0 atom stereocenters. The number of hydrogen-bond acceptors (Lipinski definition) is 3. The second-order valence-corrected chi connectivity index (χ2v) is 5.83. The van der Waals surface area contributed by atoms with Gasteiger partial charge >= 0.3 is 0 Å². The molecule has 0 aliphatic rings. The molecule has 0 aliphatic heterocycles. The molecule has 0 aliphatic carbocycles. The molecule has 0 radical (unpaired) electrons. The fourth-order valence-corrected chi connectivity index (χ4v) is 3.39. The van der Waals surface area contributed by atoms with Gasteiger partial charge in [0.15, 0.2) is 5.15 Å². The molecule has 0 amide bonds. The van der Waals surface area contributed by atoms with Gasteiger partial charge in [-0.05, 0) is 35.4 Å². The summed E-state index contributed by atoms with van der Waals surface area (Å²) in [6, 6.07) is 0. The molecule has 2 heterocycles. The number of thiazole rings is 1. The van der Waals surface area contributed by atoms with Crippen LogP contribution in [0, 0.1) is 6.92 Å². The highest BCUT2D eigenvalue weighted by molar-refractivity contribution is 9.10. The maximum atomic E-state index is 6.10. The largest absolute Gasteiger partial charge is 0.271 e. The standard InChI is InChI=1S/C11H11BrClN3S/c1-4-16-5-8(11(13)15-16)6(2)9-10(12)14-7(3)17-9/h5H,2,4H2,1,3H3. The summed E-state index contributed by atoms with van der Waals surface area (Å²) in [5.41, 5.74) is 1.71. The Morgan fingerprint density at radius 2 is 2.35 bits per heavy atom. The molecule has 0 bridgehead atoms. The highest BCUT2D eigenvalue weighted by Gasteiger charge is 2.16. The molecule has 0 unspecified atom stereocenters. The third kappa shape index (κ3) is 2.46. The second kappa shape index (κ2) is 4.92. The molecule has 2 aromatic heterocycles. The number of nitrogens with zero attached hydrogens (tertiary/aromatic N) is 3. The fourth-order valence-electron chi connectivity index (χ4n) is 1.47. The molecular weight excluding hydrogens is 322 g/mol. The van der Waals surface area contributed by atoms with E-state index in [0.29, 0.717) is 5.15 Å². The van der Waals surface area contributed by atoms with E-state index in [1.807, 2.05) is 20.0 Å². The van der Waals surface area contributed by atoms with Crippen molar-refractivity contribution in [2.24, 2.45) is 0 Å². The van der Waals surface area contributed by atoms with Crippen molar-refractivity contribution in [1.82, 2.24) is 14.8 Å². The highest BCUT2D eigenvalue weighted by Crippen LogP contribution is 2.35. The van der Waals surface area contributed by atoms with Crippen LogP contribution in [-0.2, 0) is 6.54 Å². The van der Waals surface area contributed by atoms with Crippen molar-refractivity contribution in [3.8, 4) is 0 Å². The minimum Gasteiger partial charge on any atom is -0.271 e. The summed E-state index contributed by atoms with van der Waals surface area (Å²) in [4.78, 5) is 5.32. The lowest BCUT2D eigenvalue weighted by atomic mass is 10.1. The second-order valence-electron chi connectivity index (χ2n) is 3.52. The van der Waals surface area contributed by atoms with Gasteiger partial charge in [-0.3, -0.25) is 4.68 Å². The summed E-state index contributed by atoms with van der Waals surface area (Å²) in [6.07, 6.45) is 1.91. The van der Waals surface area contributed by atoms with Crippen molar-refractivity contribution >= 4 is 44.4 Å². The molecule has 2 aromatic rings. The van der Waals surface area contributed by atoms with Crippen LogP contribution >= 0.6 is 38.9 Å². The first-order valence-corrected chi connectivity index (χ1v) is 7.07. The first kappa shape index (κ1) is 12.8. The molecular formula is C11H11BrClN3S. The molecule has 0 saturated carbocycles. The average Bonchev–Trinajstić information content (AvgIpc) is 2.81. The fraction of sp³-hybridized carbons (Fsp3) is 0.273. The van der Waals surface area contributed by atoms with E-state index in [1.54, 1.807) is 16.0 Å². The molecule has 17 heavy (non-hydrogen) atoms. The normalized spacial score (nSPS) is 10.8. The van der Waals surface area contributed by atoms with Crippen molar-refractivity contribution in [1.29, 1.82) is 0 Å². The summed E-state index contributed by atoms with van der Waals surface area (Å²) in [7, 11) is 0. The van der Waals surface area contributed by atoms with Crippen LogP contribution in [0.3, 0.4) is 0 Å². The lowest BCUT2D eigenvalue weighted by Crippen LogP contribution is -1.92. The molecule has 6 heteroatoms. The lowest BCUT2D eigenvalue weighted by Gasteiger charge is -2.00. The van der Waals surface area contributed by atoms with E-state index in [0.717, 1.165) is 32.2 Å². The first-order valence-electron chi connectivity index (χ1n) is 5.08. The summed E-state index contributed by atoms with van der Waals surface area (Å²) >= 11 is 11.1. The van der Waals surface area contributed by atoms with Crippen LogP contribution in [0.15, 0.2) is 17.4 Å². The predicted octanol–water partition coefficient (Wildman–Crippen LogP) is 4.15. The van der Waals surface area contributed by atoms with Gasteiger partial charge in [-0.2, -0.15) is 5.10 Å². The number of rotatable bonds is 3. The number of halogens is 2. The van der Waals surface area contributed by atoms with Crippen molar-refractivity contribution in [2.75, 3.05) is 0 Å². The Morgan fingerprint density at radius 1 is 1.65 bits per heavy atom. The van der Waals surface area contributed by atoms with Gasteiger partial charge in [0, 0.05) is 18.3 Å². The van der Waals surface area contributed by atoms with Gasteiger partial charge in [-0.15, -0.1) is 11.3 Å². The predicted molar refractivity (Wildman–Crippen MR) is 75.6 cm³/mol. The van der Waals surface area contributed by atoms with Gasteiger partial charge in [0.05, 0.1) is 9.88 Å². The zero-order valence-electron chi connectivity index (χ0n) is 9.50. The Hall–Kier alpha value is -0.650. The molecule has 0 spiro atoms.